The number of nitrogens with one attached hydrogen (secondary N) is 2. The average Bonchev–Trinajstić information content (AvgIpc) is 2.32. The average molecular weight is 378 g/mol. The molecule has 0 radical (unpaired) electrons. The monoisotopic (exact) mass is 376 g/mol. The lowest BCUT2D eigenvalue weighted by atomic mass is 9.85. The van der Waals surface area contributed by atoms with Crippen molar-refractivity contribution in [2.45, 2.75) is 33.2 Å². The summed E-state index contributed by atoms with van der Waals surface area (Å²) < 4.78 is 0.576. The highest BCUT2D eigenvalue weighted by atomic mass is 79.9. The molecule has 0 aliphatic heterocycles. The van der Waals surface area contributed by atoms with Crippen LogP contribution in [0.3, 0.4) is 0 Å². The molecule has 116 valence electrons. The summed E-state index contributed by atoms with van der Waals surface area (Å²) in [4.78, 5) is 22.9. The topological polar surface area (TPSA) is 78.4 Å². The molecule has 21 heavy (non-hydrogen) atoms. The number of rotatable bonds is 4. The summed E-state index contributed by atoms with van der Waals surface area (Å²) in [5.74, 6) is -0.959. The molecule has 7 heteroatoms. The minimum absolute atomic E-state index is 0.145. The highest BCUT2D eigenvalue weighted by Gasteiger charge is 2.28. The largest absolute Gasteiger partial charge is 0.481 e. The number of benzene rings is 1. The van der Waals surface area contributed by atoms with Crippen LogP contribution >= 0.6 is 27.5 Å². The number of anilines is 1. The summed E-state index contributed by atoms with van der Waals surface area (Å²) in [7, 11) is 0. The van der Waals surface area contributed by atoms with Gasteiger partial charge in [0.2, 0.25) is 0 Å². The maximum absolute atomic E-state index is 12.0. The Morgan fingerprint density at radius 1 is 1.38 bits per heavy atom. The van der Waals surface area contributed by atoms with Crippen molar-refractivity contribution in [3.8, 4) is 0 Å². The van der Waals surface area contributed by atoms with E-state index in [1.807, 2.05) is 20.8 Å². The van der Waals surface area contributed by atoms with E-state index in [1.165, 1.54) is 0 Å². The van der Waals surface area contributed by atoms with Crippen LogP contribution in [0.15, 0.2) is 22.7 Å². The van der Waals surface area contributed by atoms with Crippen molar-refractivity contribution < 1.29 is 14.7 Å². The van der Waals surface area contributed by atoms with Crippen molar-refractivity contribution in [3.63, 3.8) is 0 Å². The predicted octanol–water partition coefficient (Wildman–Crippen LogP) is 4.11. The molecule has 0 spiro atoms. The zero-order valence-electron chi connectivity index (χ0n) is 12.0. The van der Waals surface area contributed by atoms with Crippen LogP contribution in [-0.2, 0) is 4.79 Å². The standard InChI is InChI=1S/C14H18BrClN2O3/c1-14(2,3)10(7-11(19)20)18-13(21)17-9-6-4-5-8(16)12(9)15/h4-6,10H,7H2,1-3H3,(H,19,20)(H2,17,18,21). The van der Waals surface area contributed by atoms with Gasteiger partial charge in [0.15, 0.2) is 0 Å². The van der Waals surface area contributed by atoms with Gasteiger partial charge in [-0.3, -0.25) is 4.79 Å². The Morgan fingerprint density at radius 2 is 2.00 bits per heavy atom. The maximum Gasteiger partial charge on any atom is 0.319 e. The Hall–Kier alpha value is -1.27. The van der Waals surface area contributed by atoms with Crippen molar-refractivity contribution in [3.05, 3.63) is 27.7 Å². The smallest absolute Gasteiger partial charge is 0.319 e. The van der Waals surface area contributed by atoms with E-state index >= 15 is 0 Å². The lowest BCUT2D eigenvalue weighted by Crippen LogP contribution is -2.46. The van der Waals surface area contributed by atoms with Gasteiger partial charge in [0, 0.05) is 6.04 Å². The Morgan fingerprint density at radius 3 is 2.52 bits per heavy atom. The van der Waals surface area contributed by atoms with Crippen LogP contribution in [-0.4, -0.2) is 23.1 Å². The summed E-state index contributed by atoms with van der Waals surface area (Å²) in [6.07, 6.45) is -0.145. The first-order valence-electron chi connectivity index (χ1n) is 6.34. The number of amides is 2. The normalized spacial score (nSPS) is 12.6. The van der Waals surface area contributed by atoms with E-state index in [0.717, 1.165) is 0 Å². The minimum Gasteiger partial charge on any atom is -0.481 e. The van der Waals surface area contributed by atoms with Gasteiger partial charge in [0.1, 0.15) is 0 Å². The number of carboxylic acids is 1. The molecule has 1 aromatic rings. The van der Waals surface area contributed by atoms with E-state index in [-0.39, 0.29) is 11.8 Å². The summed E-state index contributed by atoms with van der Waals surface area (Å²) >= 11 is 9.23. The van der Waals surface area contributed by atoms with Crippen LogP contribution in [0.4, 0.5) is 10.5 Å². The molecule has 5 nitrogen and oxygen atoms in total. The van der Waals surface area contributed by atoms with Crippen molar-refractivity contribution in [1.82, 2.24) is 5.32 Å². The van der Waals surface area contributed by atoms with Crippen molar-refractivity contribution in [2.75, 3.05) is 5.32 Å². The predicted molar refractivity (Wildman–Crippen MR) is 86.8 cm³/mol. The lowest BCUT2D eigenvalue weighted by molar-refractivity contribution is -0.138. The number of carbonyl (C=O) groups excluding carboxylic acids is 1. The zero-order chi connectivity index (χ0) is 16.2. The second kappa shape index (κ2) is 7.13. The molecule has 0 fully saturated rings. The Bertz CT molecular complexity index is 544. The lowest BCUT2D eigenvalue weighted by Gasteiger charge is -2.30. The van der Waals surface area contributed by atoms with E-state index in [4.69, 9.17) is 16.7 Å². The number of urea groups is 1. The van der Waals surface area contributed by atoms with Crippen LogP contribution in [0.1, 0.15) is 27.2 Å². The van der Waals surface area contributed by atoms with Gasteiger partial charge in [-0.25, -0.2) is 4.79 Å². The molecule has 1 aromatic carbocycles. The summed E-state index contributed by atoms with van der Waals surface area (Å²) in [5.41, 5.74) is 0.143. The van der Waals surface area contributed by atoms with Gasteiger partial charge in [-0.15, -0.1) is 0 Å². The number of carboxylic acid groups (broad SMARTS) is 1. The first-order chi connectivity index (χ1) is 9.61. The molecule has 0 aromatic heterocycles. The molecule has 1 rings (SSSR count). The second-order valence-corrected chi connectivity index (χ2v) is 6.92. The third-order valence-corrected chi connectivity index (χ3v) is 4.33. The van der Waals surface area contributed by atoms with E-state index < -0.39 is 18.0 Å². The van der Waals surface area contributed by atoms with Crippen LogP contribution in [0.25, 0.3) is 0 Å². The van der Waals surface area contributed by atoms with E-state index in [0.29, 0.717) is 15.2 Å². The summed E-state index contributed by atoms with van der Waals surface area (Å²) in [5, 5.41) is 14.8. The number of hydrogen-bond acceptors (Lipinski definition) is 2. The first-order valence-corrected chi connectivity index (χ1v) is 7.51. The quantitative estimate of drug-likeness (QED) is 0.738. The molecule has 2 amide bonds. The molecule has 0 saturated heterocycles. The first kappa shape index (κ1) is 17.8. The molecule has 1 unspecified atom stereocenters. The minimum atomic E-state index is -0.959. The van der Waals surface area contributed by atoms with Crippen LogP contribution < -0.4 is 10.6 Å². The van der Waals surface area contributed by atoms with Crippen LogP contribution in [0.2, 0.25) is 5.02 Å². The highest BCUT2D eigenvalue weighted by molar-refractivity contribution is 9.10. The Balaban J connectivity index is 2.79. The van der Waals surface area contributed by atoms with Gasteiger partial charge >= 0.3 is 12.0 Å². The molecule has 0 saturated carbocycles. The molecule has 0 aliphatic rings. The second-order valence-electron chi connectivity index (χ2n) is 5.72. The zero-order valence-corrected chi connectivity index (χ0v) is 14.4. The van der Waals surface area contributed by atoms with E-state index in [1.54, 1.807) is 18.2 Å². The van der Waals surface area contributed by atoms with Crippen LogP contribution in [0, 0.1) is 5.41 Å². The van der Waals surface area contributed by atoms with Crippen molar-refractivity contribution in [1.29, 1.82) is 0 Å². The third-order valence-electron chi connectivity index (χ3n) is 2.93. The molecular formula is C14H18BrClN2O3. The van der Waals surface area contributed by atoms with E-state index in [2.05, 4.69) is 26.6 Å². The van der Waals surface area contributed by atoms with Crippen LogP contribution in [0.5, 0.6) is 0 Å². The SMILES string of the molecule is CC(C)(C)C(CC(=O)O)NC(=O)Nc1cccc(Cl)c1Br. The van der Waals surface area contributed by atoms with Gasteiger partial charge in [-0.05, 0) is 33.5 Å². The summed E-state index contributed by atoms with van der Waals surface area (Å²) in [6.45, 7) is 5.61. The number of hydrogen-bond donors (Lipinski definition) is 3. The maximum atomic E-state index is 12.0. The fourth-order valence-electron chi connectivity index (χ4n) is 1.67. The van der Waals surface area contributed by atoms with E-state index in [9.17, 15) is 9.59 Å². The van der Waals surface area contributed by atoms with Gasteiger partial charge in [0.25, 0.3) is 0 Å². The molecule has 3 N–H and O–H groups in total. The van der Waals surface area contributed by atoms with Crippen molar-refractivity contribution in [2.24, 2.45) is 5.41 Å². The molecular weight excluding hydrogens is 360 g/mol. The van der Waals surface area contributed by atoms with Gasteiger partial charge in [-0.1, -0.05) is 38.4 Å². The fourth-order valence-corrected chi connectivity index (χ4v) is 2.20. The molecule has 0 aliphatic carbocycles. The summed E-state index contributed by atoms with van der Waals surface area (Å²) in [6, 6.07) is 4.13. The third kappa shape index (κ3) is 5.55. The van der Waals surface area contributed by atoms with Crippen molar-refractivity contribution >= 4 is 45.2 Å². The van der Waals surface area contributed by atoms with Gasteiger partial charge in [-0.2, -0.15) is 0 Å². The van der Waals surface area contributed by atoms with Gasteiger partial charge < -0.3 is 15.7 Å². The number of aliphatic carboxylic acids is 1. The Labute approximate surface area is 137 Å². The number of carbonyl (C=O) groups is 2. The number of halogens is 2. The Kier molecular flexibility index (Phi) is 6.04. The molecule has 1 atom stereocenters. The molecule has 0 bridgehead atoms. The highest BCUT2D eigenvalue weighted by Crippen LogP contribution is 2.30. The fraction of sp³-hybridized carbons (Fsp3) is 0.429. The molecule has 0 heterocycles. The van der Waals surface area contributed by atoms with Gasteiger partial charge in [0.05, 0.1) is 21.6 Å².